The number of nitrogens with one attached hydrogen (secondary N) is 1. The smallest absolute Gasteiger partial charge is 0.323 e. The number of hydrogen-bond acceptors (Lipinski definition) is 7. The summed E-state index contributed by atoms with van der Waals surface area (Å²) in [6, 6.07) is 0. The number of aromatic nitrogens is 1. The molecule has 0 aromatic carbocycles. The van der Waals surface area contributed by atoms with Crippen molar-refractivity contribution in [2.24, 2.45) is 5.41 Å². The first-order valence-electron chi connectivity index (χ1n) is 7.53. The highest BCUT2D eigenvalue weighted by Crippen LogP contribution is 2.32. The molecule has 1 rings (SSSR count). The Hall–Kier alpha value is -1.96. The van der Waals surface area contributed by atoms with E-state index < -0.39 is 17.4 Å². The number of carbonyl (C=O) groups excluding carboxylic acids is 3. The van der Waals surface area contributed by atoms with Crippen LogP contribution >= 0.6 is 11.3 Å². The van der Waals surface area contributed by atoms with Gasteiger partial charge in [-0.05, 0) is 26.7 Å². The van der Waals surface area contributed by atoms with Crippen molar-refractivity contribution >= 4 is 34.3 Å². The van der Waals surface area contributed by atoms with E-state index >= 15 is 0 Å². The summed E-state index contributed by atoms with van der Waals surface area (Å²) >= 11 is 1.29. The zero-order valence-electron chi connectivity index (χ0n) is 13.6. The van der Waals surface area contributed by atoms with E-state index in [0.29, 0.717) is 5.13 Å². The number of hydrogen-bond donors (Lipinski definition) is 1. The van der Waals surface area contributed by atoms with Crippen LogP contribution in [0.3, 0.4) is 0 Å². The SMILES string of the molecule is CCOC(=O)C(CC)(CCC(=O)Nc1nccs1)C(=O)OCC. The first-order chi connectivity index (χ1) is 11.0. The number of ether oxygens (including phenoxy) is 2. The Bertz CT molecular complexity index is 512. The molecule has 0 aliphatic rings. The van der Waals surface area contributed by atoms with Crippen molar-refractivity contribution in [3.63, 3.8) is 0 Å². The van der Waals surface area contributed by atoms with E-state index in [1.165, 1.54) is 11.3 Å². The summed E-state index contributed by atoms with van der Waals surface area (Å²) in [5.74, 6) is -1.61. The summed E-state index contributed by atoms with van der Waals surface area (Å²) in [6.45, 7) is 5.35. The molecular formula is C15H22N2O5S. The zero-order valence-corrected chi connectivity index (χ0v) is 14.4. The van der Waals surface area contributed by atoms with E-state index in [4.69, 9.17) is 9.47 Å². The lowest BCUT2D eigenvalue weighted by Gasteiger charge is -2.27. The molecule has 0 saturated carbocycles. The Kier molecular flexibility index (Phi) is 7.67. The maximum Gasteiger partial charge on any atom is 0.323 e. The van der Waals surface area contributed by atoms with Gasteiger partial charge in [0.25, 0.3) is 0 Å². The quantitative estimate of drug-likeness (QED) is 0.547. The summed E-state index contributed by atoms with van der Waals surface area (Å²) in [6.07, 6.45) is 1.80. The summed E-state index contributed by atoms with van der Waals surface area (Å²) < 4.78 is 10.0. The third-order valence-electron chi connectivity index (χ3n) is 3.39. The minimum absolute atomic E-state index is 0.00888. The fourth-order valence-electron chi connectivity index (χ4n) is 2.09. The average molecular weight is 342 g/mol. The Morgan fingerprint density at radius 1 is 1.17 bits per heavy atom. The fourth-order valence-corrected chi connectivity index (χ4v) is 2.63. The van der Waals surface area contributed by atoms with Gasteiger partial charge in [0, 0.05) is 18.0 Å². The molecule has 0 atom stereocenters. The summed E-state index contributed by atoms with van der Waals surface area (Å²) in [4.78, 5) is 40.5. The van der Waals surface area contributed by atoms with Gasteiger partial charge in [0.2, 0.25) is 5.91 Å². The standard InChI is InChI=1S/C15H22N2O5S/c1-4-15(12(19)21-5-2,13(20)22-6-3)8-7-11(18)17-14-16-9-10-23-14/h9-10H,4-8H2,1-3H3,(H,16,17,18). The monoisotopic (exact) mass is 342 g/mol. The molecule has 0 saturated heterocycles. The number of rotatable bonds is 9. The Balaban J connectivity index is 2.80. The molecule has 0 unspecified atom stereocenters. The summed E-state index contributed by atoms with van der Waals surface area (Å²) in [7, 11) is 0. The van der Waals surface area contributed by atoms with Crippen molar-refractivity contribution in [1.82, 2.24) is 4.98 Å². The van der Waals surface area contributed by atoms with Gasteiger partial charge in [-0.3, -0.25) is 14.4 Å². The molecule has 0 fully saturated rings. The largest absolute Gasteiger partial charge is 0.465 e. The van der Waals surface area contributed by atoms with Gasteiger partial charge in [-0.2, -0.15) is 0 Å². The van der Waals surface area contributed by atoms with Crippen LogP contribution in [0, 0.1) is 5.41 Å². The van der Waals surface area contributed by atoms with Crippen LogP contribution in [-0.4, -0.2) is 36.0 Å². The van der Waals surface area contributed by atoms with Gasteiger partial charge in [0.1, 0.15) is 0 Å². The summed E-state index contributed by atoms with van der Waals surface area (Å²) in [5, 5.41) is 4.84. The Morgan fingerprint density at radius 3 is 2.22 bits per heavy atom. The maximum absolute atomic E-state index is 12.3. The van der Waals surface area contributed by atoms with Crippen LogP contribution in [0.5, 0.6) is 0 Å². The molecule has 1 amide bonds. The number of thiazole rings is 1. The van der Waals surface area contributed by atoms with Gasteiger partial charge in [-0.1, -0.05) is 6.92 Å². The molecule has 23 heavy (non-hydrogen) atoms. The van der Waals surface area contributed by atoms with Crippen LogP contribution in [0.2, 0.25) is 0 Å². The topological polar surface area (TPSA) is 94.6 Å². The van der Waals surface area contributed by atoms with Gasteiger partial charge < -0.3 is 14.8 Å². The third kappa shape index (κ3) is 5.02. The molecule has 1 heterocycles. The molecule has 7 nitrogen and oxygen atoms in total. The van der Waals surface area contributed by atoms with Crippen LogP contribution in [-0.2, 0) is 23.9 Å². The number of anilines is 1. The van der Waals surface area contributed by atoms with Crippen LogP contribution in [0.25, 0.3) is 0 Å². The fraction of sp³-hybridized carbons (Fsp3) is 0.600. The normalized spacial score (nSPS) is 10.9. The lowest BCUT2D eigenvalue weighted by Crippen LogP contribution is -2.42. The van der Waals surface area contributed by atoms with Crippen LogP contribution < -0.4 is 5.32 Å². The number of amides is 1. The van der Waals surface area contributed by atoms with E-state index in [1.807, 2.05) is 0 Å². The minimum Gasteiger partial charge on any atom is -0.465 e. The zero-order chi connectivity index (χ0) is 17.3. The lowest BCUT2D eigenvalue weighted by molar-refractivity contribution is -0.173. The van der Waals surface area contributed by atoms with Crippen molar-refractivity contribution < 1.29 is 23.9 Å². The van der Waals surface area contributed by atoms with E-state index in [0.717, 1.165) is 0 Å². The van der Waals surface area contributed by atoms with E-state index in [1.54, 1.807) is 32.3 Å². The van der Waals surface area contributed by atoms with Gasteiger partial charge in [0.05, 0.1) is 13.2 Å². The second-order valence-corrected chi connectivity index (χ2v) is 5.66. The molecule has 0 radical (unpaired) electrons. The van der Waals surface area contributed by atoms with Crippen molar-refractivity contribution in [2.75, 3.05) is 18.5 Å². The van der Waals surface area contributed by atoms with Crippen LogP contribution in [0.15, 0.2) is 11.6 Å². The van der Waals surface area contributed by atoms with E-state index in [9.17, 15) is 14.4 Å². The highest BCUT2D eigenvalue weighted by Gasteiger charge is 2.47. The maximum atomic E-state index is 12.3. The molecule has 0 bridgehead atoms. The molecule has 1 aromatic heterocycles. The second kappa shape index (κ2) is 9.24. The third-order valence-corrected chi connectivity index (χ3v) is 4.08. The minimum atomic E-state index is -1.45. The molecule has 0 spiro atoms. The molecular weight excluding hydrogens is 320 g/mol. The Labute approximate surface area is 139 Å². The van der Waals surface area contributed by atoms with Crippen molar-refractivity contribution in [3.05, 3.63) is 11.6 Å². The first-order valence-corrected chi connectivity index (χ1v) is 8.41. The van der Waals surface area contributed by atoms with Gasteiger partial charge in [-0.15, -0.1) is 11.3 Å². The molecule has 1 aromatic rings. The highest BCUT2D eigenvalue weighted by molar-refractivity contribution is 7.13. The lowest BCUT2D eigenvalue weighted by atomic mass is 9.80. The van der Waals surface area contributed by atoms with Crippen molar-refractivity contribution in [3.8, 4) is 0 Å². The molecule has 0 aliphatic heterocycles. The average Bonchev–Trinajstić information content (AvgIpc) is 3.02. The van der Waals surface area contributed by atoms with Gasteiger partial charge >= 0.3 is 11.9 Å². The number of esters is 2. The number of carbonyl (C=O) groups is 3. The molecule has 128 valence electrons. The number of nitrogens with zero attached hydrogens (tertiary/aromatic N) is 1. The Morgan fingerprint density at radius 2 is 1.78 bits per heavy atom. The van der Waals surface area contributed by atoms with E-state index in [2.05, 4.69) is 10.3 Å². The highest BCUT2D eigenvalue weighted by atomic mass is 32.1. The van der Waals surface area contributed by atoms with Crippen LogP contribution in [0.4, 0.5) is 5.13 Å². The van der Waals surface area contributed by atoms with Crippen molar-refractivity contribution in [1.29, 1.82) is 0 Å². The van der Waals surface area contributed by atoms with Crippen LogP contribution in [0.1, 0.15) is 40.0 Å². The predicted octanol–water partition coefficient (Wildman–Crippen LogP) is 2.38. The van der Waals surface area contributed by atoms with E-state index in [-0.39, 0.29) is 38.4 Å². The molecule has 0 aliphatic carbocycles. The predicted molar refractivity (Wildman–Crippen MR) is 86.0 cm³/mol. The second-order valence-electron chi connectivity index (χ2n) is 4.76. The van der Waals surface area contributed by atoms with Crippen molar-refractivity contribution in [2.45, 2.75) is 40.0 Å². The summed E-state index contributed by atoms with van der Waals surface area (Å²) in [5.41, 5.74) is -1.45. The first kappa shape index (κ1) is 19.1. The van der Waals surface area contributed by atoms with Gasteiger partial charge in [-0.25, -0.2) is 4.98 Å². The molecule has 1 N–H and O–H groups in total. The van der Waals surface area contributed by atoms with Gasteiger partial charge in [0.15, 0.2) is 10.5 Å². The molecule has 8 heteroatoms.